The second-order valence-corrected chi connectivity index (χ2v) is 2.86. The minimum absolute atomic E-state index is 0.495. The van der Waals surface area contributed by atoms with Gasteiger partial charge >= 0.3 is 11.9 Å². The van der Waals surface area contributed by atoms with Gasteiger partial charge in [0.2, 0.25) is 0 Å². The van der Waals surface area contributed by atoms with E-state index in [9.17, 15) is 9.59 Å². The Morgan fingerprint density at radius 3 is 2.19 bits per heavy atom. The van der Waals surface area contributed by atoms with Crippen molar-refractivity contribution in [2.24, 2.45) is 0 Å². The normalized spacial score (nSPS) is 11.0. The number of carbonyl (C=O) groups is 2. The first-order valence-corrected chi connectivity index (χ1v) is 4.36. The molecule has 1 rings (SSSR count). The van der Waals surface area contributed by atoms with Crippen molar-refractivity contribution in [2.75, 3.05) is 0 Å². The van der Waals surface area contributed by atoms with E-state index in [0.717, 1.165) is 12.2 Å². The van der Waals surface area contributed by atoms with Crippen LogP contribution in [0.1, 0.15) is 11.3 Å². The van der Waals surface area contributed by atoms with E-state index in [1.165, 1.54) is 18.3 Å². The van der Waals surface area contributed by atoms with Crippen LogP contribution in [-0.2, 0) is 9.59 Å². The Morgan fingerprint density at radius 2 is 1.69 bits per heavy atom. The maximum absolute atomic E-state index is 10.2. The quantitative estimate of drug-likeness (QED) is 0.744. The fraction of sp³-hybridized carbons (Fsp3) is 0. The third-order valence-corrected chi connectivity index (χ3v) is 1.62. The number of nitrogens with zero attached hydrogens (tertiary/aromatic N) is 1. The summed E-state index contributed by atoms with van der Waals surface area (Å²) in [5.74, 6) is -2.08. The number of carboxylic acid groups (broad SMARTS) is 2. The van der Waals surface area contributed by atoms with Crippen LogP contribution >= 0.6 is 0 Å². The predicted octanol–water partition coefficient (Wildman–Crippen LogP) is 1.28. The van der Waals surface area contributed by atoms with Crippen LogP contribution in [0.25, 0.3) is 12.2 Å². The Bertz CT molecular complexity index is 403. The summed E-state index contributed by atoms with van der Waals surface area (Å²) in [5, 5.41) is 16.8. The Balaban J connectivity index is 2.75. The number of hydrogen-bond donors (Lipinski definition) is 2. The van der Waals surface area contributed by atoms with Crippen molar-refractivity contribution in [3.05, 3.63) is 41.7 Å². The number of aliphatic carboxylic acids is 2. The van der Waals surface area contributed by atoms with Crippen LogP contribution in [0.5, 0.6) is 0 Å². The maximum atomic E-state index is 10.2. The molecule has 1 aromatic rings. The number of carboxylic acids is 2. The summed E-state index contributed by atoms with van der Waals surface area (Å²) in [6, 6.07) is 3.24. The molecule has 0 aliphatic rings. The average molecular weight is 219 g/mol. The van der Waals surface area contributed by atoms with Gasteiger partial charge < -0.3 is 10.2 Å². The lowest BCUT2D eigenvalue weighted by Crippen LogP contribution is -1.88. The number of hydrogen-bond acceptors (Lipinski definition) is 3. The van der Waals surface area contributed by atoms with Gasteiger partial charge in [-0.25, -0.2) is 9.59 Å². The van der Waals surface area contributed by atoms with Crippen LogP contribution in [-0.4, -0.2) is 27.1 Å². The highest BCUT2D eigenvalue weighted by molar-refractivity contribution is 5.85. The Kier molecular flexibility index (Phi) is 3.97. The van der Waals surface area contributed by atoms with Crippen molar-refractivity contribution in [2.45, 2.75) is 0 Å². The molecule has 2 N–H and O–H groups in total. The highest BCUT2D eigenvalue weighted by atomic mass is 16.4. The van der Waals surface area contributed by atoms with E-state index in [2.05, 4.69) is 4.98 Å². The molecule has 5 nitrogen and oxygen atoms in total. The van der Waals surface area contributed by atoms with Gasteiger partial charge in [0, 0.05) is 18.3 Å². The zero-order chi connectivity index (χ0) is 12.0. The lowest BCUT2D eigenvalue weighted by atomic mass is 10.2. The molecule has 0 radical (unpaired) electrons. The molecule has 0 saturated heterocycles. The van der Waals surface area contributed by atoms with E-state index in [1.807, 2.05) is 0 Å². The van der Waals surface area contributed by atoms with Crippen LogP contribution in [0.15, 0.2) is 30.5 Å². The van der Waals surface area contributed by atoms with Crippen molar-refractivity contribution < 1.29 is 19.8 Å². The smallest absolute Gasteiger partial charge is 0.328 e. The third-order valence-electron chi connectivity index (χ3n) is 1.62. The lowest BCUT2D eigenvalue weighted by Gasteiger charge is -1.93. The fourth-order valence-corrected chi connectivity index (χ4v) is 0.938. The molecule has 1 aromatic heterocycles. The largest absolute Gasteiger partial charge is 0.478 e. The lowest BCUT2D eigenvalue weighted by molar-refractivity contribution is -0.132. The van der Waals surface area contributed by atoms with Gasteiger partial charge in [-0.1, -0.05) is 6.07 Å². The van der Waals surface area contributed by atoms with Crippen LogP contribution < -0.4 is 0 Å². The first-order valence-electron chi connectivity index (χ1n) is 4.36. The molecule has 0 aliphatic carbocycles. The highest BCUT2D eigenvalue weighted by Gasteiger charge is 1.92. The van der Waals surface area contributed by atoms with Gasteiger partial charge in [-0.05, 0) is 23.8 Å². The molecule has 5 heteroatoms. The van der Waals surface area contributed by atoms with E-state index in [4.69, 9.17) is 10.2 Å². The summed E-state index contributed by atoms with van der Waals surface area (Å²) in [4.78, 5) is 24.4. The second kappa shape index (κ2) is 5.45. The molecule has 0 aliphatic heterocycles. The second-order valence-electron chi connectivity index (χ2n) is 2.86. The predicted molar refractivity (Wildman–Crippen MR) is 57.6 cm³/mol. The van der Waals surface area contributed by atoms with Crippen LogP contribution in [0.4, 0.5) is 0 Å². The van der Waals surface area contributed by atoms with Gasteiger partial charge in [0.15, 0.2) is 0 Å². The Hall–Kier alpha value is -2.43. The van der Waals surface area contributed by atoms with Gasteiger partial charge in [-0.2, -0.15) is 0 Å². The first kappa shape index (κ1) is 11.6. The number of pyridine rings is 1. The highest BCUT2D eigenvalue weighted by Crippen LogP contribution is 2.04. The molecule has 0 fully saturated rings. The zero-order valence-corrected chi connectivity index (χ0v) is 8.20. The summed E-state index contributed by atoms with van der Waals surface area (Å²) in [6.07, 6.45) is 6.20. The topological polar surface area (TPSA) is 87.5 Å². The Morgan fingerprint density at radius 1 is 1.06 bits per heavy atom. The standard InChI is InChI=1S/C11H9NO4/c13-10(14)5-2-8-1-3-9(12-7-8)4-6-11(15)16/h1-7H,(H,13,14)(H,15,16). The molecular formula is C11H9NO4. The van der Waals surface area contributed by atoms with E-state index in [-0.39, 0.29) is 0 Å². The number of rotatable bonds is 4. The summed E-state index contributed by atoms with van der Waals surface area (Å²) >= 11 is 0. The van der Waals surface area contributed by atoms with Crippen LogP contribution in [0, 0.1) is 0 Å². The molecule has 1 heterocycles. The van der Waals surface area contributed by atoms with E-state index in [0.29, 0.717) is 11.3 Å². The first-order chi connectivity index (χ1) is 7.58. The number of aromatic nitrogens is 1. The van der Waals surface area contributed by atoms with Crippen molar-refractivity contribution >= 4 is 24.1 Å². The van der Waals surface area contributed by atoms with Gasteiger partial charge in [-0.3, -0.25) is 4.98 Å². The minimum atomic E-state index is -1.04. The molecule has 0 unspecified atom stereocenters. The van der Waals surface area contributed by atoms with Crippen molar-refractivity contribution in [3.63, 3.8) is 0 Å². The molecular weight excluding hydrogens is 210 g/mol. The van der Waals surface area contributed by atoms with Gasteiger partial charge in [0.05, 0.1) is 5.69 Å². The summed E-state index contributed by atoms with van der Waals surface area (Å²) < 4.78 is 0. The van der Waals surface area contributed by atoms with Crippen LogP contribution in [0.2, 0.25) is 0 Å². The molecule has 0 spiro atoms. The Labute approximate surface area is 91.4 Å². The zero-order valence-electron chi connectivity index (χ0n) is 8.20. The van der Waals surface area contributed by atoms with Gasteiger partial charge in [0.25, 0.3) is 0 Å². The van der Waals surface area contributed by atoms with Gasteiger partial charge in [-0.15, -0.1) is 0 Å². The molecule has 0 atom stereocenters. The van der Waals surface area contributed by atoms with Crippen molar-refractivity contribution in [3.8, 4) is 0 Å². The summed E-state index contributed by atoms with van der Waals surface area (Å²) in [7, 11) is 0. The van der Waals surface area contributed by atoms with Crippen molar-refractivity contribution in [1.29, 1.82) is 0 Å². The van der Waals surface area contributed by atoms with Crippen LogP contribution in [0.3, 0.4) is 0 Å². The molecule has 0 bridgehead atoms. The molecule has 82 valence electrons. The molecule has 0 aromatic carbocycles. The maximum Gasteiger partial charge on any atom is 0.328 e. The summed E-state index contributed by atoms with van der Waals surface area (Å²) in [5.41, 5.74) is 1.13. The molecule has 0 saturated carbocycles. The van der Waals surface area contributed by atoms with Gasteiger partial charge in [0.1, 0.15) is 0 Å². The molecule has 0 amide bonds. The van der Waals surface area contributed by atoms with E-state index in [1.54, 1.807) is 12.1 Å². The summed E-state index contributed by atoms with van der Waals surface area (Å²) in [6.45, 7) is 0. The fourth-order valence-electron chi connectivity index (χ4n) is 0.938. The van der Waals surface area contributed by atoms with E-state index >= 15 is 0 Å². The average Bonchev–Trinajstić information content (AvgIpc) is 2.25. The third kappa shape index (κ3) is 4.19. The van der Waals surface area contributed by atoms with E-state index < -0.39 is 11.9 Å². The monoisotopic (exact) mass is 219 g/mol. The molecule has 16 heavy (non-hydrogen) atoms. The van der Waals surface area contributed by atoms with Crippen molar-refractivity contribution in [1.82, 2.24) is 4.98 Å². The SMILES string of the molecule is O=C(O)C=Cc1ccc(C=CC(=O)O)nc1. The minimum Gasteiger partial charge on any atom is -0.478 e.